The van der Waals surface area contributed by atoms with Crippen LogP contribution in [0.15, 0.2) is 36.7 Å². The van der Waals surface area contributed by atoms with Crippen LogP contribution in [0.4, 0.5) is 17.3 Å². The van der Waals surface area contributed by atoms with Crippen molar-refractivity contribution < 1.29 is 9.53 Å². The molecule has 0 unspecified atom stereocenters. The molecule has 0 aliphatic heterocycles. The molecule has 2 aromatic rings. The first-order valence-corrected chi connectivity index (χ1v) is 7.20. The normalized spacial score (nSPS) is 10.1. The maximum atomic E-state index is 11.6. The molecule has 0 aliphatic carbocycles. The van der Waals surface area contributed by atoms with Gasteiger partial charge in [-0.05, 0) is 32.0 Å². The maximum Gasteiger partial charge on any atom is 0.337 e. The quantitative estimate of drug-likeness (QED) is 0.827. The van der Waals surface area contributed by atoms with E-state index in [0.29, 0.717) is 11.4 Å². The minimum atomic E-state index is -0.366. The molecule has 0 fully saturated rings. The number of hydrogen-bond donors (Lipinski definition) is 1. The lowest BCUT2D eigenvalue weighted by Crippen LogP contribution is -2.23. The summed E-state index contributed by atoms with van der Waals surface area (Å²) >= 11 is 0. The van der Waals surface area contributed by atoms with Crippen LogP contribution in [0.1, 0.15) is 24.2 Å². The van der Waals surface area contributed by atoms with Gasteiger partial charge in [-0.1, -0.05) is 6.07 Å². The van der Waals surface area contributed by atoms with E-state index in [0.717, 1.165) is 24.6 Å². The number of aromatic nitrogens is 2. The molecule has 0 saturated carbocycles. The molecule has 1 heterocycles. The molecule has 1 aromatic heterocycles. The van der Waals surface area contributed by atoms with Crippen molar-refractivity contribution in [3.63, 3.8) is 0 Å². The number of ether oxygens (including phenoxy) is 1. The summed E-state index contributed by atoms with van der Waals surface area (Å²) in [5.74, 6) is 1.18. The van der Waals surface area contributed by atoms with Gasteiger partial charge in [0, 0.05) is 24.8 Å². The zero-order valence-electron chi connectivity index (χ0n) is 13.0. The molecule has 0 atom stereocenters. The monoisotopic (exact) mass is 300 g/mol. The van der Waals surface area contributed by atoms with E-state index >= 15 is 0 Å². The molecule has 6 nitrogen and oxygen atoms in total. The molecule has 0 spiro atoms. The highest BCUT2D eigenvalue weighted by Crippen LogP contribution is 2.19. The Labute approximate surface area is 130 Å². The van der Waals surface area contributed by atoms with Gasteiger partial charge in [-0.3, -0.25) is 0 Å². The fourth-order valence-electron chi connectivity index (χ4n) is 2.13. The van der Waals surface area contributed by atoms with Crippen LogP contribution in [-0.4, -0.2) is 36.1 Å². The smallest absolute Gasteiger partial charge is 0.337 e. The number of benzene rings is 1. The molecular weight excluding hydrogens is 280 g/mol. The first kappa shape index (κ1) is 15.8. The Bertz CT molecular complexity index is 642. The van der Waals surface area contributed by atoms with Crippen LogP contribution in [0, 0.1) is 0 Å². The van der Waals surface area contributed by atoms with Gasteiger partial charge in [0.1, 0.15) is 18.0 Å². The third-order valence-corrected chi connectivity index (χ3v) is 3.30. The summed E-state index contributed by atoms with van der Waals surface area (Å²) in [6.45, 7) is 5.92. The molecular formula is C16H20N4O2. The standard InChI is InChI=1S/C16H20N4O2/c1-4-20(5-2)15-10-14(17-11-18-15)19-13-8-6-7-12(9-13)16(21)22-3/h6-11H,4-5H2,1-3H3,(H,17,18,19). The second kappa shape index (κ2) is 7.40. The van der Waals surface area contributed by atoms with Gasteiger partial charge < -0.3 is 15.0 Å². The Kier molecular flexibility index (Phi) is 5.30. The number of carbonyl (C=O) groups excluding carboxylic acids is 1. The van der Waals surface area contributed by atoms with Crippen molar-refractivity contribution >= 4 is 23.3 Å². The van der Waals surface area contributed by atoms with Crippen LogP contribution in [0.25, 0.3) is 0 Å². The van der Waals surface area contributed by atoms with Gasteiger partial charge in [0.2, 0.25) is 0 Å². The van der Waals surface area contributed by atoms with E-state index in [1.807, 2.05) is 12.1 Å². The number of hydrogen-bond acceptors (Lipinski definition) is 6. The van der Waals surface area contributed by atoms with Crippen molar-refractivity contribution in [1.29, 1.82) is 0 Å². The van der Waals surface area contributed by atoms with Crippen molar-refractivity contribution in [3.05, 3.63) is 42.2 Å². The highest BCUT2D eigenvalue weighted by atomic mass is 16.5. The second-order valence-corrected chi connectivity index (χ2v) is 4.63. The Morgan fingerprint density at radius 2 is 2.00 bits per heavy atom. The number of rotatable bonds is 6. The van der Waals surface area contributed by atoms with Crippen LogP contribution in [0.3, 0.4) is 0 Å². The van der Waals surface area contributed by atoms with Crippen LogP contribution >= 0.6 is 0 Å². The fourth-order valence-corrected chi connectivity index (χ4v) is 2.13. The second-order valence-electron chi connectivity index (χ2n) is 4.63. The molecule has 0 bridgehead atoms. The number of nitrogens with one attached hydrogen (secondary N) is 1. The molecule has 22 heavy (non-hydrogen) atoms. The summed E-state index contributed by atoms with van der Waals surface area (Å²) in [4.78, 5) is 22.2. The third-order valence-electron chi connectivity index (χ3n) is 3.30. The van der Waals surface area contributed by atoms with Crippen molar-refractivity contribution in [2.24, 2.45) is 0 Å². The number of nitrogens with zero attached hydrogens (tertiary/aromatic N) is 3. The number of esters is 1. The number of carbonyl (C=O) groups is 1. The third kappa shape index (κ3) is 3.72. The highest BCUT2D eigenvalue weighted by Gasteiger charge is 2.08. The van der Waals surface area contributed by atoms with Crippen molar-refractivity contribution in [1.82, 2.24) is 9.97 Å². The first-order valence-electron chi connectivity index (χ1n) is 7.20. The van der Waals surface area contributed by atoms with E-state index in [-0.39, 0.29) is 5.97 Å². The Morgan fingerprint density at radius 3 is 2.68 bits per heavy atom. The average molecular weight is 300 g/mol. The molecule has 0 radical (unpaired) electrons. The highest BCUT2D eigenvalue weighted by molar-refractivity contribution is 5.90. The lowest BCUT2D eigenvalue weighted by atomic mass is 10.2. The van der Waals surface area contributed by atoms with Crippen molar-refractivity contribution in [2.75, 3.05) is 30.4 Å². The van der Waals surface area contributed by atoms with E-state index in [2.05, 4.69) is 34.0 Å². The summed E-state index contributed by atoms with van der Waals surface area (Å²) in [6, 6.07) is 8.98. The molecule has 1 N–H and O–H groups in total. The van der Waals surface area contributed by atoms with Crippen LogP contribution in [-0.2, 0) is 4.74 Å². The van der Waals surface area contributed by atoms with Gasteiger partial charge in [-0.15, -0.1) is 0 Å². The van der Waals surface area contributed by atoms with Gasteiger partial charge in [0.15, 0.2) is 0 Å². The molecule has 1 aromatic carbocycles. The first-order chi connectivity index (χ1) is 10.7. The lowest BCUT2D eigenvalue weighted by molar-refractivity contribution is 0.0601. The van der Waals surface area contributed by atoms with Gasteiger partial charge in [0.05, 0.1) is 12.7 Å². The predicted octanol–water partition coefficient (Wildman–Crippen LogP) is 2.85. The summed E-state index contributed by atoms with van der Waals surface area (Å²) in [5.41, 5.74) is 1.26. The minimum Gasteiger partial charge on any atom is -0.465 e. The number of anilines is 3. The Balaban J connectivity index is 2.20. The van der Waals surface area contributed by atoms with Gasteiger partial charge in [-0.2, -0.15) is 0 Å². The van der Waals surface area contributed by atoms with E-state index in [4.69, 9.17) is 4.74 Å². The van der Waals surface area contributed by atoms with Crippen LogP contribution in [0.5, 0.6) is 0 Å². The topological polar surface area (TPSA) is 67.4 Å². The molecule has 2 rings (SSSR count). The summed E-state index contributed by atoms with van der Waals surface area (Å²) < 4.78 is 4.72. The largest absolute Gasteiger partial charge is 0.465 e. The van der Waals surface area contributed by atoms with Crippen molar-refractivity contribution in [3.8, 4) is 0 Å². The summed E-state index contributed by atoms with van der Waals surface area (Å²) in [5, 5.41) is 3.18. The van der Waals surface area contributed by atoms with E-state index < -0.39 is 0 Å². The summed E-state index contributed by atoms with van der Waals surface area (Å²) in [6.07, 6.45) is 1.53. The van der Waals surface area contributed by atoms with Gasteiger partial charge in [0.25, 0.3) is 0 Å². The zero-order chi connectivity index (χ0) is 15.9. The predicted molar refractivity (Wildman–Crippen MR) is 86.7 cm³/mol. The molecule has 6 heteroatoms. The van der Waals surface area contributed by atoms with Gasteiger partial charge in [-0.25, -0.2) is 14.8 Å². The van der Waals surface area contributed by atoms with Crippen LogP contribution in [0.2, 0.25) is 0 Å². The fraction of sp³-hybridized carbons (Fsp3) is 0.312. The summed E-state index contributed by atoms with van der Waals surface area (Å²) in [7, 11) is 1.36. The minimum absolute atomic E-state index is 0.366. The maximum absolute atomic E-state index is 11.6. The average Bonchev–Trinajstić information content (AvgIpc) is 2.56. The van der Waals surface area contributed by atoms with Crippen molar-refractivity contribution in [2.45, 2.75) is 13.8 Å². The van der Waals surface area contributed by atoms with Gasteiger partial charge >= 0.3 is 5.97 Å². The van der Waals surface area contributed by atoms with E-state index in [1.54, 1.807) is 18.2 Å². The molecule has 0 amide bonds. The molecule has 116 valence electrons. The number of methoxy groups -OCH3 is 1. The SMILES string of the molecule is CCN(CC)c1cc(Nc2cccc(C(=O)OC)c2)ncn1. The zero-order valence-corrected chi connectivity index (χ0v) is 13.0. The lowest BCUT2D eigenvalue weighted by Gasteiger charge is -2.19. The van der Waals surface area contributed by atoms with E-state index in [1.165, 1.54) is 13.4 Å². The van der Waals surface area contributed by atoms with Crippen LogP contribution < -0.4 is 10.2 Å². The molecule has 0 saturated heterocycles. The van der Waals surface area contributed by atoms with E-state index in [9.17, 15) is 4.79 Å². The molecule has 0 aliphatic rings. The Morgan fingerprint density at radius 1 is 1.23 bits per heavy atom. The Hall–Kier alpha value is -2.63.